The van der Waals surface area contributed by atoms with Crippen molar-refractivity contribution in [3.05, 3.63) is 28.8 Å². The van der Waals surface area contributed by atoms with Gasteiger partial charge < -0.3 is 0 Å². The van der Waals surface area contributed by atoms with Crippen LogP contribution in [0.3, 0.4) is 0 Å². The second kappa shape index (κ2) is 4.11. The Morgan fingerprint density at radius 3 is 2.25 bits per heavy atom. The minimum atomic E-state index is -5.17. The maximum Gasteiger partial charge on any atom is 0.433 e. The summed E-state index contributed by atoms with van der Waals surface area (Å²) in [6.45, 7) is 0. The maximum absolute atomic E-state index is 12.8. The van der Waals surface area contributed by atoms with Crippen molar-refractivity contribution in [3.63, 3.8) is 0 Å². The molecule has 0 aliphatic carbocycles. The maximum atomic E-state index is 12.8. The average Bonchev–Trinajstić information content (AvgIpc) is 2.15. The molecule has 1 heterocycles. The molecule has 0 radical (unpaired) electrons. The first-order valence-corrected chi connectivity index (χ1v) is 3.78. The van der Waals surface area contributed by atoms with Crippen molar-refractivity contribution in [1.82, 2.24) is 4.98 Å². The molecule has 16 heavy (non-hydrogen) atoms. The molecule has 0 unspecified atom stereocenters. The zero-order valence-corrected chi connectivity index (χ0v) is 7.36. The highest BCUT2D eigenvalue weighted by Crippen LogP contribution is 2.35. The van der Waals surface area contributed by atoms with E-state index in [4.69, 9.17) is 0 Å². The fourth-order valence-electron chi connectivity index (χ4n) is 0.993. The summed E-state index contributed by atoms with van der Waals surface area (Å²) < 4.78 is 73.8. The number of pyridine rings is 1. The van der Waals surface area contributed by atoms with Gasteiger partial charge in [0.15, 0.2) is 17.8 Å². The molecule has 0 aliphatic heterocycles. The van der Waals surface area contributed by atoms with Crippen molar-refractivity contribution in [2.45, 2.75) is 12.6 Å². The molecule has 0 aliphatic rings. The van der Waals surface area contributed by atoms with Crippen molar-refractivity contribution < 1.29 is 31.1 Å². The Kier molecular flexibility index (Phi) is 3.20. The summed E-state index contributed by atoms with van der Waals surface area (Å²) in [5, 5.41) is 0. The number of hydrogen-bond donors (Lipinski definition) is 0. The van der Waals surface area contributed by atoms with Gasteiger partial charge in [0.25, 0.3) is 6.43 Å². The highest BCUT2D eigenvalue weighted by Gasteiger charge is 2.38. The zero-order valence-electron chi connectivity index (χ0n) is 7.36. The molecule has 0 fully saturated rings. The van der Waals surface area contributed by atoms with E-state index in [2.05, 4.69) is 4.98 Å². The van der Waals surface area contributed by atoms with Crippen LogP contribution in [0.2, 0.25) is 0 Å². The van der Waals surface area contributed by atoms with Crippen LogP contribution in [0.25, 0.3) is 0 Å². The van der Waals surface area contributed by atoms with Crippen molar-refractivity contribution in [2.75, 3.05) is 0 Å². The molecule has 0 amide bonds. The van der Waals surface area contributed by atoms with Gasteiger partial charge in [-0.2, -0.15) is 13.2 Å². The van der Waals surface area contributed by atoms with Gasteiger partial charge in [-0.15, -0.1) is 0 Å². The number of aromatic nitrogens is 1. The number of hydrogen-bond acceptors (Lipinski definition) is 2. The first kappa shape index (κ1) is 12.5. The standard InChI is InChI=1S/C8H3F6NO/c9-4-1-3(7(10)11)6(8(12,13)14)15-5(4)2-16/h1-2,7H. The van der Waals surface area contributed by atoms with Crippen LogP contribution in [0.5, 0.6) is 0 Å². The monoisotopic (exact) mass is 243 g/mol. The summed E-state index contributed by atoms with van der Waals surface area (Å²) in [5.41, 5.74) is -4.70. The SMILES string of the molecule is O=Cc1nc(C(F)(F)F)c(C(F)F)cc1F. The number of halogens is 6. The number of carbonyl (C=O) groups excluding carboxylic acids is 1. The molecule has 1 rings (SSSR count). The lowest BCUT2D eigenvalue weighted by molar-refractivity contribution is -0.143. The van der Waals surface area contributed by atoms with Gasteiger partial charge in [0, 0.05) is 0 Å². The summed E-state index contributed by atoms with van der Waals surface area (Å²) in [6.07, 6.45) is -8.98. The van der Waals surface area contributed by atoms with E-state index in [1.54, 1.807) is 0 Å². The molecule has 0 atom stereocenters. The van der Waals surface area contributed by atoms with Crippen LogP contribution in [0.4, 0.5) is 26.3 Å². The molecule has 88 valence electrons. The van der Waals surface area contributed by atoms with Gasteiger partial charge in [-0.1, -0.05) is 0 Å². The van der Waals surface area contributed by atoms with Crippen molar-refractivity contribution >= 4 is 6.29 Å². The zero-order chi connectivity index (χ0) is 12.5. The third-order valence-electron chi connectivity index (χ3n) is 1.65. The van der Waals surface area contributed by atoms with Gasteiger partial charge in [-0.25, -0.2) is 18.2 Å². The smallest absolute Gasteiger partial charge is 0.296 e. The van der Waals surface area contributed by atoms with Gasteiger partial charge >= 0.3 is 6.18 Å². The quantitative estimate of drug-likeness (QED) is 0.590. The van der Waals surface area contributed by atoms with Crippen LogP contribution in [0, 0.1) is 5.82 Å². The van der Waals surface area contributed by atoms with E-state index in [0.29, 0.717) is 0 Å². The van der Waals surface area contributed by atoms with E-state index in [-0.39, 0.29) is 12.4 Å². The fourth-order valence-corrected chi connectivity index (χ4v) is 0.993. The molecule has 0 saturated heterocycles. The van der Waals surface area contributed by atoms with E-state index in [1.165, 1.54) is 0 Å². The Morgan fingerprint density at radius 2 is 1.88 bits per heavy atom. The van der Waals surface area contributed by atoms with Crippen molar-refractivity contribution in [1.29, 1.82) is 0 Å². The normalized spacial score (nSPS) is 11.9. The van der Waals surface area contributed by atoms with Gasteiger partial charge in [0.1, 0.15) is 5.69 Å². The van der Waals surface area contributed by atoms with Crippen LogP contribution >= 0.6 is 0 Å². The number of rotatable bonds is 2. The van der Waals surface area contributed by atoms with Crippen molar-refractivity contribution in [3.8, 4) is 0 Å². The number of aldehydes is 1. The van der Waals surface area contributed by atoms with E-state index < -0.39 is 35.4 Å². The second-order valence-electron chi connectivity index (χ2n) is 2.71. The molecule has 0 N–H and O–H groups in total. The lowest BCUT2D eigenvalue weighted by Gasteiger charge is -2.11. The molecule has 1 aromatic heterocycles. The number of nitrogens with zero attached hydrogens (tertiary/aromatic N) is 1. The molecule has 0 aromatic carbocycles. The molecular weight excluding hydrogens is 240 g/mol. The second-order valence-corrected chi connectivity index (χ2v) is 2.71. The van der Waals surface area contributed by atoms with Gasteiger partial charge in [-0.3, -0.25) is 4.79 Å². The van der Waals surface area contributed by atoms with Crippen molar-refractivity contribution in [2.24, 2.45) is 0 Å². The molecule has 2 nitrogen and oxygen atoms in total. The highest BCUT2D eigenvalue weighted by atomic mass is 19.4. The Labute approximate surface area is 84.9 Å². The first-order chi connectivity index (χ1) is 7.27. The average molecular weight is 243 g/mol. The predicted octanol–water partition coefficient (Wildman–Crippen LogP) is 2.99. The lowest BCUT2D eigenvalue weighted by Crippen LogP contribution is -2.15. The Hall–Kier alpha value is -1.60. The largest absolute Gasteiger partial charge is 0.433 e. The summed E-state index contributed by atoms with van der Waals surface area (Å²) in [4.78, 5) is 12.7. The van der Waals surface area contributed by atoms with Crippen LogP contribution in [0.15, 0.2) is 6.07 Å². The van der Waals surface area contributed by atoms with Crippen LogP contribution in [-0.4, -0.2) is 11.3 Å². The Morgan fingerprint density at radius 1 is 1.31 bits per heavy atom. The van der Waals surface area contributed by atoms with E-state index in [1.807, 2.05) is 0 Å². The Bertz CT molecular complexity index is 414. The first-order valence-electron chi connectivity index (χ1n) is 3.78. The third-order valence-corrected chi connectivity index (χ3v) is 1.65. The van der Waals surface area contributed by atoms with E-state index >= 15 is 0 Å². The fraction of sp³-hybridized carbons (Fsp3) is 0.250. The van der Waals surface area contributed by atoms with E-state index in [0.717, 1.165) is 0 Å². The minimum Gasteiger partial charge on any atom is -0.296 e. The Balaban J connectivity index is 3.49. The van der Waals surface area contributed by atoms with Crippen LogP contribution in [-0.2, 0) is 6.18 Å². The van der Waals surface area contributed by atoms with Crippen LogP contribution < -0.4 is 0 Å². The summed E-state index contributed by atoms with van der Waals surface area (Å²) in [6, 6.07) is -0.0375. The number of alkyl halides is 5. The molecule has 8 heteroatoms. The minimum absolute atomic E-state index is 0.0375. The van der Waals surface area contributed by atoms with Gasteiger partial charge in [0.05, 0.1) is 5.56 Å². The van der Waals surface area contributed by atoms with E-state index in [9.17, 15) is 31.1 Å². The van der Waals surface area contributed by atoms with Gasteiger partial charge in [-0.05, 0) is 6.07 Å². The highest BCUT2D eigenvalue weighted by molar-refractivity contribution is 5.72. The third kappa shape index (κ3) is 2.31. The summed E-state index contributed by atoms with van der Waals surface area (Å²) >= 11 is 0. The van der Waals surface area contributed by atoms with Gasteiger partial charge in [0.2, 0.25) is 0 Å². The number of carbonyl (C=O) groups is 1. The molecule has 0 spiro atoms. The molecule has 0 saturated carbocycles. The lowest BCUT2D eigenvalue weighted by atomic mass is 10.1. The molecule has 0 bridgehead atoms. The molecule has 1 aromatic rings. The predicted molar refractivity (Wildman–Crippen MR) is 39.5 cm³/mol. The summed E-state index contributed by atoms with van der Waals surface area (Å²) in [5.74, 6) is -1.52. The van der Waals surface area contributed by atoms with Crippen LogP contribution in [0.1, 0.15) is 28.2 Å². The molecular formula is C8H3F6NO. The summed E-state index contributed by atoms with van der Waals surface area (Å²) in [7, 11) is 0. The topological polar surface area (TPSA) is 30.0 Å².